The van der Waals surface area contributed by atoms with Crippen molar-refractivity contribution in [1.29, 1.82) is 0 Å². The van der Waals surface area contributed by atoms with Gasteiger partial charge in [0.05, 0.1) is 4.88 Å². The third-order valence-electron chi connectivity index (χ3n) is 6.48. The molecule has 12 nitrogen and oxygen atoms in total. The zero-order valence-corrected chi connectivity index (χ0v) is 25.6. The Hall–Kier alpha value is -4.65. The Labute approximate surface area is 254 Å². The fourth-order valence-electron chi connectivity index (χ4n) is 4.05. The number of nitrogens with one attached hydrogen (secondary N) is 2. The van der Waals surface area contributed by atoms with Crippen molar-refractivity contribution < 1.29 is 19.5 Å². The molecule has 0 unspecified atom stereocenters. The number of amides is 2. The molecule has 0 aliphatic heterocycles. The molecule has 0 spiro atoms. The minimum atomic E-state index is -1.14. The van der Waals surface area contributed by atoms with Gasteiger partial charge in [-0.1, -0.05) is 32.9 Å². The van der Waals surface area contributed by atoms with Crippen LogP contribution in [-0.4, -0.2) is 57.9 Å². The molecule has 43 heavy (non-hydrogen) atoms. The Balaban J connectivity index is 1.49. The van der Waals surface area contributed by atoms with Gasteiger partial charge in [-0.2, -0.15) is 9.97 Å². The number of carboxylic acid groups (broad SMARTS) is 1. The van der Waals surface area contributed by atoms with E-state index in [9.17, 15) is 19.5 Å². The molecule has 2 aromatic heterocycles. The van der Waals surface area contributed by atoms with Crippen LogP contribution in [0.25, 0.3) is 0 Å². The van der Waals surface area contributed by atoms with Crippen LogP contribution in [0.5, 0.6) is 0 Å². The quantitative estimate of drug-likeness (QED) is 0.139. The van der Waals surface area contributed by atoms with Crippen LogP contribution in [0.2, 0.25) is 0 Å². The molecule has 0 fully saturated rings. The van der Waals surface area contributed by atoms with E-state index < -0.39 is 17.9 Å². The second-order valence-electron chi connectivity index (χ2n) is 11.0. The van der Waals surface area contributed by atoms with Crippen molar-refractivity contribution in [2.75, 3.05) is 18.0 Å². The zero-order chi connectivity index (χ0) is 31.7. The number of anilines is 2. The number of hydrogen-bond acceptors (Lipinski definition) is 10. The predicted molar refractivity (Wildman–Crippen MR) is 171 cm³/mol. The number of rotatable bonds is 13. The van der Waals surface area contributed by atoms with Gasteiger partial charge in [0.25, 0.3) is 11.8 Å². The van der Waals surface area contributed by atoms with Crippen molar-refractivity contribution in [2.45, 2.75) is 64.8 Å². The number of aliphatic carboxylic acids is 1. The van der Waals surface area contributed by atoms with Crippen LogP contribution in [0.3, 0.4) is 0 Å². The summed E-state index contributed by atoms with van der Waals surface area (Å²) in [4.78, 5) is 54.9. The Kier molecular flexibility index (Phi) is 11.1. The van der Waals surface area contributed by atoms with E-state index in [0.29, 0.717) is 41.9 Å². The van der Waals surface area contributed by atoms with Crippen LogP contribution in [0.4, 0.5) is 23.3 Å². The van der Waals surface area contributed by atoms with Gasteiger partial charge in [0.2, 0.25) is 5.95 Å². The average molecular weight is 607 g/mol. The molecule has 2 amide bonds. The number of carbonyl (C=O) groups excluding carboxylic acids is 2. The van der Waals surface area contributed by atoms with Crippen molar-refractivity contribution in [3.63, 3.8) is 0 Å². The topological polar surface area (TPSA) is 198 Å². The van der Waals surface area contributed by atoms with Crippen molar-refractivity contribution in [3.8, 4) is 0 Å². The van der Waals surface area contributed by atoms with Gasteiger partial charge in [-0.05, 0) is 74.6 Å². The summed E-state index contributed by atoms with van der Waals surface area (Å²) in [6.07, 6.45) is 1.78. The number of nitrogen functional groups attached to an aromatic ring is 2. The van der Waals surface area contributed by atoms with E-state index in [0.717, 1.165) is 16.2 Å². The van der Waals surface area contributed by atoms with E-state index in [1.165, 1.54) is 11.3 Å². The second kappa shape index (κ2) is 14.5. The summed E-state index contributed by atoms with van der Waals surface area (Å²) in [7, 11) is 0. The smallest absolute Gasteiger partial charge is 0.326 e. The summed E-state index contributed by atoms with van der Waals surface area (Å²) in [5.41, 5.74) is 13.8. The van der Waals surface area contributed by atoms with E-state index in [2.05, 4.69) is 58.1 Å². The van der Waals surface area contributed by atoms with Crippen LogP contribution in [-0.2, 0) is 16.6 Å². The molecule has 0 bridgehead atoms. The number of carbonyl (C=O) groups is 3. The number of aliphatic imine (C=N–C) groups is 2. The first-order valence-corrected chi connectivity index (χ1v) is 14.5. The molecule has 13 heteroatoms. The Morgan fingerprint density at radius 2 is 1.77 bits per heavy atom. The van der Waals surface area contributed by atoms with Gasteiger partial charge in [-0.3, -0.25) is 14.6 Å². The fraction of sp³-hybridized carbons (Fsp3) is 0.367. The number of thiophene rings is 1. The first kappa shape index (κ1) is 32.9. The maximum absolute atomic E-state index is 12.8. The van der Waals surface area contributed by atoms with E-state index >= 15 is 0 Å². The highest BCUT2D eigenvalue weighted by Crippen LogP contribution is 2.32. The Bertz CT molecular complexity index is 1510. The van der Waals surface area contributed by atoms with Crippen LogP contribution in [0, 0.1) is 0 Å². The predicted octanol–water partition coefficient (Wildman–Crippen LogP) is 4.45. The standard InChI is InChI=1S/C30H38N8O4S/c1-17(35-23-24(31)37-29(32)38-25(23)33-5)8-9-18-10-12-19(13-11-18)26(39)36-20(28(41)42)7-6-16-34-27(40)21-14-15-22(43-21)30(2,3)4/h10-15,20H,5-9,16H2,1-4H3,(H,34,40)(H,36,39)(H,41,42)(H4,31,32,37,38)/t20-/m0/s1. The molecule has 3 aromatic rings. The van der Waals surface area contributed by atoms with Crippen molar-refractivity contribution in [1.82, 2.24) is 20.6 Å². The third kappa shape index (κ3) is 9.43. The van der Waals surface area contributed by atoms with Gasteiger partial charge in [0.15, 0.2) is 11.6 Å². The number of nitrogens with two attached hydrogens (primary N) is 2. The summed E-state index contributed by atoms with van der Waals surface area (Å²) in [6.45, 7) is 11.9. The number of aryl methyl sites for hydroxylation is 1. The lowest BCUT2D eigenvalue weighted by Crippen LogP contribution is -2.41. The average Bonchev–Trinajstić information content (AvgIpc) is 3.46. The summed E-state index contributed by atoms with van der Waals surface area (Å²) in [5, 5.41) is 15.0. The fourth-order valence-corrected chi connectivity index (χ4v) is 5.03. The molecule has 2 heterocycles. The molecule has 1 atom stereocenters. The van der Waals surface area contributed by atoms with Gasteiger partial charge in [0.1, 0.15) is 11.7 Å². The van der Waals surface area contributed by atoms with E-state index in [4.69, 9.17) is 11.5 Å². The van der Waals surface area contributed by atoms with Crippen LogP contribution in [0.15, 0.2) is 46.4 Å². The maximum Gasteiger partial charge on any atom is 0.326 e. The molecular weight excluding hydrogens is 568 g/mol. The van der Waals surface area contributed by atoms with E-state index in [1.54, 1.807) is 30.3 Å². The monoisotopic (exact) mass is 606 g/mol. The summed E-state index contributed by atoms with van der Waals surface area (Å²) < 4.78 is 0. The molecular formula is C30H38N8O4S. The molecule has 0 saturated heterocycles. The molecule has 0 aliphatic carbocycles. The molecule has 7 N–H and O–H groups in total. The van der Waals surface area contributed by atoms with E-state index in [1.807, 2.05) is 13.0 Å². The molecule has 0 aliphatic rings. The third-order valence-corrected chi connectivity index (χ3v) is 7.99. The van der Waals surface area contributed by atoms with Crippen molar-refractivity contribution in [2.24, 2.45) is 9.98 Å². The molecule has 0 radical (unpaired) electrons. The Morgan fingerprint density at radius 1 is 1.07 bits per heavy atom. The first-order chi connectivity index (χ1) is 20.3. The number of hydrogen-bond donors (Lipinski definition) is 5. The van der Waals surface area contributed by atoms with Crippen molar-refractivity contribution >= 4 is 64.8 Å². The van der Waals surface area contributed by atoms with Crippen LogP contribution >= 0.6 is 11.3 Å². The van der Waals surface area contributed by atoms with Crippen molar-refractivity contribution in [3.05, 3.63) is 57.3 Å². The minimum Gasteiger partial charge on any atom is -0.480 e. The number of benzene rings is 1. The largest absolute Gasteiger partial charge is 0.480 e. The highest BCUT2D eigenvalue weighted by Gasteiger charge is 2.21. The summed E-state index contributed by atoms with van der Waals surface area (Å²) in [5.74, 6) is -1.51. The van der Waals surface area contributed by atoms with Gasteiger partial charge >= 0.3 is 5.97 Å². The second-order valence-corrected chi connectivity index (χ2v) is 12.1. The lowest BCUT2D eigenvalue weighted by Gasteiger charge is -2.15. The number of nitrogens with zero attached hydrogens (tertiary/aromatic N) is 4. The van der Waals surface area contributed by atoms with Crippen LogP contribution < -0.4 is 22.1 Å². The SMILES string of the molecule is C=Nc1nc(N)nc(N)c1N=C(C)CCc1ccc(C(=O)N[C@@H](CCCNC(=O)c2ccc(C(C)(C)C)s2)C(=O)O)cc1. The van der Waals surface area contributed by atoms with E-state index in [-0.39, 0.29) is 35.3 Å². The summed E-state index contributed by atoms with van der Waals surface area (Å²) in [6, 6.07) is 9.57. The van der Waals surface area contributed by atoms with Gasteiger partial charge in [-0.25, -0.2) is 9.79 Å². The molecule has 1 aromatic carbocycles. The minimum absolute atomic E-state index is 0.0108. The van der Waals surface area contributed by atoms with Gasteiger partial charge in [-0.15, -0.1) is 11.3 Å². The molecule has 228 valence electrons. The van der Waals surface area contributed by atoms with Gasteiger partial charge in [0, 0.05) is 22.7 Å². The normalized spacial score (nSPS) is 12.4. The number of aromatic nitrogens is 2. The molecule has 3 rings (SSSR count). The lowest BCUT2D eigenvalue weighted by molar-refractivity contribution is -0.139. The van der Waals surface area contributed by atoms with Crippen LogP contribution in [0.1, 0.15) is 77.4 Å². The lowest BCUT2D eigenvalue weighted by atomic mass is 9.95. The highest BCUT2D eigenvalue weighted by molar-refractivity contribution is 7.14. The molecule has 0 saturated carbocycles. The first-order valence-electron chi connectivity index (χ1n) is 13.7. The summed E-state index contributed by atoms with van der Waals surface area (Å²) >= 11 is 1.44. The maximum atomic E-state index is 12.8. The van der Waals surface area contributed by atoms with Gasteiger partial charge < -0.3 is 27.2 Å². The highest BCUT2D eigenvalue weighted by atomic mass is 32.1. The zero-order valence-electron chi connectivity index (χ0n) is 24.8. The Morgan fingerprint density at radius 3 is 2.37 bits per heavy atom. The number of carboxylic acids is 1.